The second-order valence-electron chi connectivity index (χ2n) is 5.58. The standard InChI is InChI=1S/C18H37O2/c1-4-7-8-9-10-11-12-13-14-15-17-20-18(16-5-2)19-6-3/h18H,2,4-17H2,1,3H3. The van der Waals surface area contributed by atoms with E-state index in [4.69, 9.17) is 9.47 Å². The van der Waals surface area contributed by atoms with Crippen molar-refractivity contribution < 1.29 is 9.47 Å². The number of unbranched alkanes of at least 4 members (excludes halogenated alkanes) is 9. The Morgan fingerprint density at radius 2 is 1.30 bits per heavy atom. The number of hydrogen-bond acceptors (Lipinski definition) is 2. The maximum atomic E-state index is 5.73. The highest BCUT2D eigenvalue weighted by atomic mass is 16.7. The second kappa shape index (κ2) is 17.0. The third-order valence-corrected chi connectivity index (χ3v) is 3.59. The van der Waals surface area contributed by atoms with Crippen molar-refractivity contribution >= 4 is 0 Å². The zero-order valence-electron chi connectivity index (χ0n) is 14.0. The van der Waals surface area contributed by atoms with Crippen LogP contribution in [0.15, 0.2) is 0 Å². The van der Waals surface area contributed by atoms with Crippen molar-refractivity contribution in [3.8, 4) is 0 Å². The first-order valence-electron chi connectivity index (χ1n) is 8.87. The molecule has 121 valence electrons. The largest absolute Gasteiger partial charge is 0.353 e. The van der Waals surface area contributed by atoms with E-state index < -0.39 is 0 Å². The van der Waals surface area contributed by atoms with Crippen LogP contribution in [0.4, 0.5) is 0 Å². The molecule has 0 saturated carbocycles. The topological polar surface area (TPSA) is 18.5 Å². The van der Waals surface area contributed by atoms with E-state index in [0.717, 1.165) is 32.5 Å². The monoisotopic (exact) mass is 285 g/mol. The van der Waals surface area contributed by atoms with E-state index in [1.54, 1.807) is 0 Å². The minimum absolute atomic E-state index is 0.0314. The van der Waals surface area contributed by atoms with Crippen LogP contribution in [0, 0.1) is 6.92 Å². The molecule has 2 nitrogen and oxygen atoms in total. The molecule has 0 aromatic heterocycles. The fourth-order valence-corrected chi connectivity index (χ4v) is 2.37. The number of ether oxygens (including phenoxy) is 2. The zero-order chi connectivity index (χ0) is 14.9. The molecule has 1 atom stereocenters. The second-order valence-corrected chi connectivity index (χ2v) is 5.58. The molecule has 1 unspecified atom stereocenters. The van der Waals surface area contributed by atoms with E-state index in [9.17, 15) is 0 Å². The van der Waals surface area contributed by atoms with Crippen molar-refractivity contribution in [2.24, 2.45) is 0 Å². The van der Waals surface area contributed by atoms with Crippen molar-refractivity contribution in [2.45, 2.75) is 97.2 Å². The maximum Gasteiger partial charge on any atom is 0.157 e. The summed E-state index contributed by atoms with van der Waals surface area (Å²) in [5, 5.41) is 0. The summed E-state index contributed by atoms with van der Waals surface area (Å²) in [5.74, 6) is 0. The summed E-state index contributed by atoms with van der Waals surface area (Å²) in [7, 11) is 0. The van der Waals surface area contributed by atoms with Crippen molar-refractivity contribution in [3.05, 3.63) is 6.92 Å². The van der Waals surface area contributed by atoms with Crippen LogP contribution in [-0.4, -0.2) is 19.5 Å². The Morgan fingerprint density at radius 1 is 0.750 bits per heavy atom. The van der Waals surface area contributed by atoms with Crippen molar-refractivity contribution in [1.29, 1.82) is 0 Å². The molecule has 0 aliphatic carbocycles. The van der Waals surface area contributed by atoms with Gasteiger partial charge in [0.05, 0.1) is 0 Å². The Hall–Kier alpha value is -0.0800. The average Bonchev–Trinajstić information content (AvgIpc) is 2.45. The van der Waals surface area contributed by atoms with Crippen LogP contribution in [-0.2, 0) is 9.47 Å². The van der Waals surface area contributed by atoms with Gasteiger partial charge < -0.3 is 9.47 Å². The predicted molar refractivity (Wildman–Crippen MR) is 87.8 cm³/mol. The van der Waals surface area contributed by atoms with Gasteiger partial charge in [-0.2, -0.15) is 0 Å². The number of hydrogen-bond donors (Lipinski definition) is 0. The third kappa shape index (κ3) is 14.3. The molecule has 0 aromatic rings. The molecule has 0 aliphatic heterocycles. The van der Waals surface area contributed by atoms with Crippen molar-refractivity contribution in [2.75, 3.05) is 13.2 Å². The lowest BCUT2D eigenvalue weighted by atomic mass is 10.1. The van der Waals surface area contributed by atoms with Gasteiger partial charge in [0, 0.05) is 13.2 Å². The fraction of sp³-hybridized carbons (Fsp3) is 0.944. The van der Waals surface area contributed by atoms with Gasteiger partial charge in [-0.1, -0.05) is 71.6 Å². The van der Waals surface area contributed by atoms with Gasteiger partial charge in [0.2, 0.25) is 0 Å². The summed E-state index contributed by atoms with van der Waals surface area (Å²) in [6.07, 6.45) is 15.4. The third-order valence-electron chi connectivity index (χ3n) is 3.59. The van der Waals surface area contributed by atoms with Crippen LogP contribution in [0.5, 0.6) is 0 Å². The highest BCUT2D eigenvalue weighted by molar-refractivity contribution is 4.50. The zero-order valence-corrected chi connectivity index (χ0v) is 14.0. The molecule has 2 heteroatoms. The average molecular weight is 285 g/mol. The van der Waals surface area contributed by atoms with E-state index in [1.807, 2.05) is 6.92 Å². The van der Waals surface area contributed by atoms with E-state index in [2.05, 4.69) is 13.8 Å². The van der Waals surface area contributed by atoms with Crippen LogP contribution in [0.1, 0.15) is 90.9 Å². The van der Waals surface area contributed by atoms with Gasteiger partial charge in [0.1, 0.15) is 0 Å². The molecule has 0 aliphatic rings. The summed E-state index contributed by atoms with van der Waals surface area (Å²) < 4.78 is 11.2. The van der Waals surface area contributed by atoms with Gasteiger partial charge in [-0.25, -0.2) is 0 Å². The van der Waals surface area contributed by atoms with Crippen molar-refractivity contribution in [3.63, 3.8) is 0 Å². The first-order chi connectivity index (χ1) is 9.85. The Bertz CT molecular complexity index is 165. The first-order valence-corrected chi connectivity index (χ1v) is 8.87. The molecule has 0 amide bonds. The van der Waals surface area contributed by atoms with Gasteiger partial charge in [0.15, 0.2) is 6.29 Å². The summed E-state index contributed by atoms with van der Waals surface area (Å²) in [4.78, 5) is 0. The van der Waals surface area contributed by atoms with Crippen molar-refractivity contribution in [1.82, 2.24) is 0 Å². The van der Waals surface area contributed by atoms with Gasteiger partial charge in [-0.3, -0.25) is 0 Å². The number of rotatable bonds is 16. The van der Waals surface area contributed by atoms with Crippen LogP contribution in [0.25, 0.3) is 0 Å². The lowest BCUT2D eigenvalue weighted by Crippen LogP contribution is -2.17. The molecule has 0 fully saturated rings. The van der Waals surface area contributed by atoms with E-state index in [1.165, 1.54) is 57.8 Å². The quantitative estimate of drug-likeness (QED) is 0.259. The maximum absolute atomic E-state index is 5.73. The summed E-state index contributed by atoms with van der Waals surface area (Å²) in [5.41, 5.74) is 0. The smallest absolute Gasteiger partial charge is 0.157 e. The molecule has 0 bridgehead atoms. The first kappa shape index (κ1) is 19.9. The predicted octanol–water partition coefficient (Wildman–Crippen LogP) is 5.90. The Morgan fingerprint density at radius 3 is 1.80 bits per heavy atom. The molecule has 0 heterocycles. The molecule has 0 rings (SSSR count). The van der Waals surface area contributed by atoms with Gasteiger partial charge in [-0.15, -0.1) is 0 Å². The minimum atomic E-state index is -0.0314. The lowest BCUT2D eigenvalue weighted by molar-refractivity contribution is -0.142. The normalized spacial score (nSPS) is 12.8. The minimum Gasteiger partial charge on any atom is -0.353 e. The van der Waals surface area contributed by atoms with Crippen LogP contribution in [0.3, 0.4) is 0 Å². The molecular formula is C18H37O2. The summed E-state index contributed by atoms with van der Waals surface area (Å²) >= 11 is 0. The van der Waals surface area contributed by atoms with Crippen LogP contribution < -0.4 is 0 Å². The van der Waals surface area contributed by atoms with E-state index >= 15 is 0 Å². The van der Waals surface area contributed by atoms with Gasteiger partial charge >= 0.3 is 0 Å². The Balaban J connectivity index is 3.18. The van der Waals surface area contributed by atoms with Gasteiger partial charge in [-0.05, 0) is 26.2 Å². The molecule has 1 radical (unpaired) electrons. The Kier molecular flexibility index (Phi) is 16.9. The summed E-state index contributed by atoms with van der Waals surface area (Å²) in [6, 6.07) is 0. The van der Waals surface area contributed by atoms with Gasteiger partial charge in [0.25, 0.3) is 0 Å². The van der Waals surface area contributed by atoms with E-state index in [-0.39, 0.29) is 6.29 Å². The lowest BCUT2D eigenvalue weighted by Gasteiger charge is -2.16. The van der Waals surface area contributed by atoms with E-state index in [0.29, 0.717) is 0 Å². The highest BCUT2D eigenvalue weighted by Gasteiger charge is 2.06. The van der Waals surface area contributed by atoms with Crippen LogP contribution >= 0.6 is 0 Å². The molecule has 0 N–H and O–H groups in total. The molecule has 0 aromatic carbocycles. The summed E-state index contributed by atoms with van der Waals surface area (Å²) in [6.45, 7) is 9.70. The molecular weight excluding hydrogens is 248 g/mol. The molecule has 20 heavy (non-hydrogen) atoms. The molecule has 0 saturated heterocycles. The SMILES string of the molecule is [CH2]CCC(OCC)OCCCCCCCCCCCC. The fourth-order valence-electron chi connectivity index (χ4n) is 2.37. The van der Waals surface area contributed by atoms with Crippen LogP contribution in [0.2, 0.25) is 0 Å². The Labute approximate surface area is 127 Å². The highest BCUT2D eigenvalue weighted by Crippen LogP contribution is 2.11. The molecule has 0 spiro atoms.